The van der Waals surface area contributed by atoms with Gasteiger partial charge in [0, 0.05) is 50.4 Å². The Balaban J connectivity index is 1.55. The van der Waals surface area contributed by atoms with Crippen molar-refractivity contribution in [3.8, 4) is 0 Å². The number of Topliss-reactive ketones (excluding diaryl/α,β-unsaturated/α-hetero) is 1. The van der Waals surface area contributed by atoms with E-state index >= 15 is 0 Å². The zero-order valence-corrected chi connectivity index (χ0v) is 15.8. The SMILES string of the molecule is C[C@H]1CN(C(=O)CCC(=O)c2ccccn2)CCN1c1ccc(F)c(Cl)c1. The first-order valence-electron chi connectivity index (χ1n) is 8.89. The molecule has 0 aliphatic carbocycles. The molecule has 7 heteroatoms. The van der Waals surface area contributed by atoms with E-state index in [1.807, 2.05) is 6.92 Å². The van der Waals surface area contributed by atoms with E-state index in [-0.39, 0.29) is 35.6 Å². The standard InChI is InChI=1S/C20H21ClFN3O2/c1-14-13-24(10-11-25(14)15-5-6-17(22)16(21)12-15)20(27)8-7-19(26)18-4-2-3-9-23-18/h2-6,9,12,14H,7-8,10-11,13H2,1H3/t14-/m0/s1. The summed E-state index contributed by atoms with van der Waals surface area (Å²) in [4.78, 5) is 32.5. The van der Waals surface area contributed by atoms with Crippen LogP contribution in [-0.4, -0.2) is 47.3 Å². The van der Waals surface area contributed by atoms with Gasteiger partial charge in [-0.1, -0.05) is 17.7 Å². The van der Waals surface area contributed by atoms with Crippen LogP contribution in [0.2, 0.25) is 5.02 Å². The maximum absolute atomic E-state index is 13.4. The van der Waals surface area contributed by atoms with Gasteiger partial charge in [-0.05, 0) is 37.3 Å². The maximum Gasteiger partial charge on any atom is 0.223 e. The largest absolute Gasteiger partial charge is 0.365 e. The van der Waals surface area contributed by atoms with Gasteiger partial charge >= 0.3 is 0 Å². The van der Waals surface area contributed by atoms with E-state index in [1.54, 1.807) is 41.4 Å². The number of aromatic nitrogens is 1. The van der Waals surface area contributed by atoms with Gasteiger partial charge in [0.2, 0.25) is 5.91 Å². The zero-order chi connectivity index (χ0) is 19.4. The lowest BCUT2D eigenvalue weighted by Crippen LogP contribution is -2.53. The molecule has 1 aliphatic rings. The van der Waals surface area contributed by atoms with Gasteiger partial charge in [0.05, 0.1) is 5.02 Å². The summed E-state index contributed by atoms with van der Waals surface area (Å²) < 4.78 is 13.4. The number of benzene rings is 1. The first-order valence-corrected chi connectivity index (χ1v) is 9.27. The third kappa shape index (κ3) is 4.63. The molecule has 1 aromatic heterocycles. The first-order chi connectivity index (χ1) is 13.0. The number of piperazine rings is 1. The topological polar surface area (TPSA) is 53.5 Å². The van der Waals surface area contributed by atoms with Crippen LogP contribution in [0.5, 0.6) is 0 Å². The lowest BCUT2D eigenvalue weighted by atomic mass is 10.1. The van der Waals surface area contributed by atoms with Crippen molar-refractivity contribution < 1.29 is 14.0 Å². The highest BCUT2D eigenvalue weighted by molar-refractivity contribution is 6.31. The summed E-state index contributed by atoms with van der Waals surface area (Å²) in [6.45, 7) is 3.74. The van der Waals surface area contributed by atoms with Crippen LogP contribution in [0.1, 0.15) is 30.3 Å². The van der Waals surface area contributed by atoms with Gasteiger partial charge in [-0.25, -0.2) is 4.39 Å². The van der Waals surface area contributed by atoms with Crippen molar-refractivity contribution in [2.75, 3.05) is 24.5 Å². The number of rotatable bonds is 5. The lowest BCUT2D eigenvalue weighted by Gasteiger charge is -2.41. The molecule has 0 spiro atoms. The third-order valence-corrected chi connectivity index (χ3v) is 5.02. The van der Waals surface area contributed by atoms with Crippen LogP contribution < -0.4 is 4.90 Å². The highest BCUT2D eigenvalue weighted by atomic mass is 35.5. The van der Waals surface area contributed by atoms with E-state index in [4.69, 9.17) is 11.6 Å². The molecule has 0 bridgehead atoms. The third-order valence-electron chi connectivity index (χ3n) is 4.73. The molecule has 1 saturated heterocycles. The summed E-state index contributed by atoms with van der Waals surface area (Å²) in [5.74, 6) is -0.612. The number of amides is 1. The Bertz CT molecular complexity index is 831. The molecule has 1 fully saturated rings. The van der Waals surface area contributed by atoms with Crippen LogP contribution in [-0.2, 0) is 4.79 Å². The fourth-order valence-electron chi connectivity index (χ4n) is 3.27. The molecule has 27 heavy (non-hydrogen) atoms. The molecule has 0 saturated carbocycles. The molecule has 142 valence electrons. The zero-order valence-electron chi connectivity index (χ0n) is 15.1. The van der Waals surface area contributed by atoms with Gasteiger partial charge in [-0.2, -0.15) is 0 Å². The molecule has 0 radical (unpaired) electrons. The average Bonchev–Trinajstić information content (AvgIpc) is 2.68. The second-order valence-electron chi connectivity index (χ2n) is 6.62. The van der Waals surface area contributed by atoms with E-state index in [2.05, 4.69) is 9.88 Å². The molecule has 2 heterocycles. The normalized spacial score (nSPS) is 17.1. The number of nitrogens with zero attached hydrogens (tertiary/aromatic N) is 3. The molecule has 1 aliphatic heterocycles. The van der Waals surface area contributed by atoms with E-state index < -0.39 is 5.82 Å². The van der Waals surface area contributed by atoms with Crippen LogP contribution in [0.3, 0.4) is 0 Å². The highest BCUT2D eigenvalue weighted by Gasteiger charge is 2.27. The molecule has 1 amide bonds. The minimum Gasteiger partial charge on any atom is -0.365 e. The van der Waals surface area contributed by atoms with Crippen molar-refractivity contribution in [2.24, 2.45) is 0 Å². The van der Waals surface area contributed by atoms with Crippen molar-refractivity contribution in [3.05, 3.63) is 59.1 Å². The van der Waals surface area contributed by atoms with Crippen molar-refractivity contribution in [1.82, 2.24) is 9.88 Å². The molecule has 1 atom stereocenters. The molecule has 0 N–H and O–H groups in total. The predicted octanol–water partition coefficient (Wildman–Crippen LogP) is 3.57. The van der Waals surface area contributed by atoms with Crippen LogP contribution in [0.4, 0.5) is 10.1 Å². The maximum atomic E-state index is 13.4. The number of carbonyl (C=O) groups is 2. The van der Waals surface area contributed by atoms with E-state index in [9.17, 15) is 14.0 Å². The Kier molecular flexibility index (Phi) is 6.06. The van der Waals surface area contributed by atoms with Crippen LogP contribution in [0.25, 0.3) is 0 Å². The fraction of sp³-hybridized carbons (Fsp3) is 0.350. The molecule has 0 unspecified atom stereocenters. The van der Waals surface area contributed by atoms with Gasteiger partial charge in [0.1, 0.15) is 11.5 Å². The minimum absolute atomic E-state index is 0.0390. The molecule has 5 nitrogen and oxygen atoms in total. The number of hydrogen-bond acceptors (Lipinski definition) is 4. The second-order valence-corrected chi connectivity index (χ2v) is 7.03. The van der Waals surface area contributed by atoms with Crippen molar-refractivity contribution in [2.45, 2.75) is 25.8 Å². The summed E-state index contributed by atoms with van der Waals surface area (Å²) in [5.41, 5.74) is 1.23. The summed E-state index contributed by atoms with van der Waals surface area (Å²) in [6, 6.07) is 9.88. The minimum atomic E-state index is -0.445. The molecular formula is C20H21ClFN3O2. The highest BCUT2D eigenvalue weighted by Crippen LogP contribution is 2.26. The molecular weight excluding hydrogens is 369 g/mol. The van der Waals surface area contributed by atoms with E-state index in [0.29, 0.717) is 25.3 Å². The average molecular weight is 390 g/mol. The summed E-state index contributed by atoms with van der Waals surface area (Å²) >= 11 is 5.88. The Labute approximate surface area is 162 Å². The monoisotopic (exact) mass is 389 g/mol. The molecule has 3 rings (SSSR count). The number of pyridine rings is 1. The summed E-state index contributed by atoms with van der Waals surface area (Å²) in [5, 5.41) is 0.0891. The van der Waals surface area contributed by atoms with Gasteiger partial charge in [0.15, 0.2) is 5.78 Å². The van der Waals surface area contributed by atoms with Crippen LogP contribution >= 0.6 is 11.6 Å². The van der Waals surface area contributed by atoms with Gasteiger partial charge in [-0.3, -0.25) is 14.6 Å². The molecule has 1 aromatic carbocycles. The van der Waals surface area contributed by atoms with Gasteiger partial charge in [-0.15, -0.1) is 0 Å². The number of ketones is 1. The molecule has 2 aromatic rings. The Morgan fingerprint density at radius 2 is 2.04 bits per heavy atom. The lowest BCUT2D eigenvalue weighted by molar-refractivity contribution is -0.131. The van der Waals surface area contributed by atoms with E-state index in [1.165, 1.54) is 6.07 Å². The summed E-state index contributed by atoms with van der Waals surface area (Å²) in [7, 11) is 0. The van der Waals surface area contributed by atoms with Crippen molar-refractivity contribution in [3.63, 3.8) is 0 Å². The number of halogens is 2. The smallest absolute Gasteiger partial charge is 0.223 e. The Morgan fingerprint density at radius 3 is 2.70 bits per heavy atom. The van der Waals surface area contributed by atoms with E-state index in [0.717, 1.165) is 5.69 Å². The number of anilines is 1. The van der Waals surface area contributed by atoms with Crippen LogP contribution in [0.15, 0.2) is 42.6 Å². The van der Waals surface area contributed by atoms with Crippen molar-refractivity contribution >= 4 is 29.0 Å². The number of carbonyl (C=O) groups excluding carboxylic acids is 2. The van der Waals surface area contributed by atoms with Gasteiger partial charge < -0.3 is 9.80 Å². The predicted molar refractivity (Wildman–Crippen MR) is 103 cm³/mol. The number of hydrogen-bond donors (Lipinski definition) is 0. The fourth-order valence-corrected chi connectivity index (χ4v) is 3.44. The van der Waals surface area contributed by atoms with Gasteiger partial charge in [0.25, 0.3) is 0 Å². The van der Waals surface area contributed by atoms with Crippen molar-refractivity contribution in [1.29, 1.82) is 0 Å². The quantitative estimate of drug-likeness (QED) is 0.733. The Morgan fingerprint density at radius 1 is 1.22 bits per heavy atom. The second kappa shape index (κ2) is 8.48. The Hall–Kier alpha value is -2.47. The summed E-state index contributed by atoms with van der Waals surface area (Å²) in [6.07, 6.45) is 1.89. The first kappa shape index (κ1) is 19.3. The van der Waals surface area contributed by atoms with Crippen LogP contribution in [0, 0.1) is 5.82 Å².